The third-order valence-electron chi connectivity index (χ3n) is 2.89. The number of hydrogen-bond acceptors (Lipinski definition) is 7. The number of primary amides is 1. The average molecular weight is 350 g/mol. The number of amides is 3. The molecule has 0 aromatic rings. The van der Waals surface area contributed by atoms with Gasteiger partial charge in [-0.2, -0.15) is 12.6 Å². The molecule has 0 aliphatic heterocycles. The van der Waals surface area contributed by atoms with Gasteiger partial charge in [-0.3, -0.25) is 14.4 Å². The zero-order chi connectivity index (χ0) is 18.2. The van der Waals surface area contributed by atoms with Crippen LogP contribution < -0.4 is 22.1 Å². The predicted octanol–water partition coefficient (Wildman–Crippen LogP) is -3.06. The van der Waals surface area contributed by atoms with Gasteiger partial charge in [0.1, 0.15) is 6.04 Å². The van der Waals surface area contributed by atoms with Crippen LogP contribution in [0.1, 0.15) is 19.8 Å². The summed E-state index contributed by atoms with van der Waals surface area (Å²) in [5, 5.41) is 22.7. The molecule has 0 spiro atoms. The monoisotopic (exact) mass is 350 g/mol. The molecule has 0 unspecified atom stereocenters. The molecule has 0 saturated heterocycles. The van der Waals surface area contributed by atoms with Crippen molar-refractivity contribution in [2.24, 2.45) is 11.5 Å². The van der Waals surface area contributed by atoms with Gasteiger partial charge in [-0.15, -0.1) is 0 Å². The van der Waals surface area contributed by atoms with Crippen LogP contribution in [0.15, 0.2) is 0 Å². The van der Waals surface area contributed by atoms with Gasteiger partial charge in [-0.05, 0) is 13.3 Å². The predicted molar refractivity (Wildman–Crippen MR) is 83.4 cm³/mol. The molecule has 4 atom stereocenters. The number of hydrogen-bond donors (Lipinski definition) is 7. The molecule has 10 nitrogen and oxygen atoms in total. The van der Waals surface area contributed by atoms with E-state index in [-0.39, 0.29) is 18.6 Å². The van der Waals surface area contributed by atoms with Gasteiger partial charge < -0.3 is 32.3 Å². The maximum atomic E-state index is 12.1. The lowest BCUT2D eigenvalue weighted by atomic mass is 10.1. The summed E-state index contributed by atoms with van der Waals surface area (Å²) in [6.07, 6.45) is -1.71. The summed E-state index contributed by atoms with van der Waals surface area (Å²) in [5.74, 6) is -3.67. The van der Waals surface area contributed by atoms with E-state index in [0.29, 0.717) is 0 Å². The summed E-state index contributed by atoms with van der Waals surface area (Å²) < 4.78 is 0. The molecule has 132 valence electrons. The van der Waals surface area contributed by atoms with Crippen molar-refractivity contribution in [2.75, 3.05) is 5.75 Å². The first-order valence-electron chi connectivity index (χ1n) is 6.76. The first kappa shape index (κ1) is 21.1. The molecule has 0 aliphatic rings. The van der Waals surface area contributed by atoms with Crippen molar-refractivity contribution in [1.82, 2.24) is 10.6 Å². The number of carbonyl (C=O) groups excluding carboxylic acids is 3. The molecular weight excluding hydrogens is 328 g/mol. The Morgan fingerprint density at radius 2 is 1.74 bits per heavy atom. The van der Waals surface area contributed by atoms with Crippen molar-refractivity contribution >= 4 is 36.3 Å². The third kappa shape index (κ3) is 7.81. The molecule has 0 aromatic carbocycles. The Hall–Kier alpha value is -1.85. The maximum Gasteiger partial charge on any atom is 0.328 e. The lowest BCUT2D eigenvalue weighted by Crippen LogP contribution is -2.56. The van der Waals surface area contributed by atoms with Crippen molar-refractivity contribution in [3.63, 3.8) is 0 Å². The molecule has 11 heteroatoms. The number of aliphatic carboxylic acids is 1. The van der Waals surface area contributed by atoms with Crippen LogP contribution in [-0.2, 0) is 19.2 Å². The molecule has 0 radical (unpaired) electrons. The summed E-state index contributed by atoms with van der Waals surface area (Å²) in [6, 6.07) is -3.76. The number of carboxylic acids is 1. The largest absolute Gasteiger partial charge is 0.480 e. The number of nitrogens with one attached hydrogen (secondary N) is 2. The van der Waals surface area contributed by atoms with Crippen molar-refractivity contribution < 1.29 is 29.4 Å². The van der Waals surface area contributed by atoms with E-state index in [4.69, 9.17) is 16.6 Å². The van der Waals surface area contributed by atoms with Crippen LogP contribution in [0.5, 0.6) is 0 Å². The van der Waals surface area contributed by atoms with E-state index in [9.17, 15) is 24.3 Å². The normalized spacial score (nSPS) is 15.8. The summed E-state index contributed by atoms with van der Waals surface area (Å²) in [4.78, 5) is 45.7. The second kappa shape index (κ2) is 10.0. The Morgan fingerprint density at radius 1 is 1.17 bits per heavy atom. The third-order valence-corrected chi connectivity index (χ3v) is 3.29. The fraction of sp³-hybridized carbons (Fsp3) is 0.667. The van der Waals surface area contributed by atoms with E-state index in [1.54, 1.807) is 0 Å². The van der Waals surface area contributed by atoms with Crippen LogP contribution >= 0.6 is 12.6 Å². The number of carboxylic acid groups (broad SMARTS) is 1. The maximum absolute atomic E-state index is 12.1. The lowest BCUT2D eigenvalue weighted by Gasteiger charge is -2.23. The van der Waals surface area contributed by atoms with E-state index in [1.165, 1.54) is 6.92 Å². The summed E-state index contributed by atoms with van der Waals surface area (Å²) in [7, 11) is 0. The second-order valence-corrected chi connectivity index (χ2v) is 5.29. The molecule has 0 saturated carbocycles. The molecule has 0 fully saturated rings. The number of thiol groups is 1. The lowest BCUT2D eigenvalue weighted by molar-refractivity contribution is -0.145. The highest BCUT2D eigenvalue weighted by molar-refractivity contribution is 7.80. The zero-order valence-corrected chi connectivity index (χ0v) is 13.5. The molecule has 0 aromatic heterocycles. The molecule has 0 bridgehead atoms. The summed E-state index contributed by atoms with van der Waals surface area (Å²) >= 11 is 3.85. The minimum absolute atomic E-state index is 0.0292. The SMILES string of the molecule is C[C@@H](O)[C@H](NC(=O)[C@H](CCC(N)=O)NC(=O)[C@@H](N)CS)C(=O)O. The van der Waals surface area contributed by atoms with Crippen LogP contribution in [0.2, 0.25) is 0 Å². The Labute approximate surface area is 138 Å². The van der Waals surface area contributed by atoms with Gasteiger partial charge in [-0.25, -0.2) is 4.79 Å². The first-order valence-corrected chi connectivity index (χ1v) is 7.39. The Kier molecular flexibility index (Phi) is 9.22. The molecule has 0 heterocycles. The van der Waals surface area contributed by atoms with Gasteiger partial charge >= 0.3 is 5.97 Å². The van der Waals surface area contributed by atoms with Crippen LogP contribution in [-0.4, -0.2) is 63.9 Å². The molecular formula is C12H22N4O6S. The van der Waals surface area contributed by atoms with Gasteiger partial charge in [0.25, 0.3) is 0 Å². The summed E-state index contributed by atoms with van der Waals surface area (Å²) in [5.41, 5.74) is 10.5. The standard InChI is InChI=1S/C12H22N4O6S/c1-5(17)9(12(21)22)16-11(20)7(2-3-8(14)18)15-10(19)6(13)4-23/h5-7,9,17,23H,2-4,13H2,1H3,(H2,14,18)(H,15,19)(H,16,20)(H,21,22)/t5-,6+,7+,9+/m1/s1. The van der Waals surface area contributed by atoms with E-state index >= 15 is 0 Å². The number of aliphatic hydroxyl groups is 1. The van der Waals surface area contributed by atoms with Gasteiger partial charge in [0.05, 0.1) is 12.1 Å². The van der Waals surface area contributed by atoms with Crippen molar-refractivity contribution in [3.8, 4) is 0 Å². The van der Waals surface area contributed by atoms with E-state index in [0.717, 1.165) is 0 Å². The van der Waals surface area contributed by atoms with Crippen molar-refractivity contribution in [2.45, 2.75) is 44.0 Å². The van der Waals surface area contributed by atoms with Crippen LogP contribution in [0.25, 0.3) is 0 Å². The van der Waals surface area contributed by atoms with Crippen LogP contribution in [0.4, 0.5) is 0 Å². The van der Waals surface area contributed by atoms with E-state index in [2.05, 4.69) is 23.3 Å². The van der Waals surface area contributed by atoms with Gasteiger partial charge in [0.15, 0.2) is 6.04 Å². The van der Waals surface area contributed by atoms with Crippen LogP contribution in [0, 0.1) is 0 Å². The molecule has 23 heavy (non-hydrogen) atoms. The minimum Gasteiger partial charge on any atom is -0.480 e. The smallest absolute Gasteiger partial charge is 0.328 e. The van der Waals surface area contributed by atoms with E-state index in [1.807, 2.05) is 0 Å². The number of aliphatic hydroxyl groups excluding tert-OH is 1. The molecule has 8 N–H and O–H groups in total. The van der Waals surface area contributed by atoms with Gasteiger partial charge in [0, 0.05) is 12.2 Å². The van der Waals surface area contributed by atoms with Crippen LogP contribution in [0.3, 0.4) is 0 Å². The second-order valence-electron chi connectivity index (χ2n) is 4.92. The number of carbonyl (C=O) groups is 4. The highest BCUT2D eigenvalue weighted by Crippen LogP contribution is 2.02. The zero-order valence-electron chi connectivity index (χ0n) is 12.6. The summed E-state index contributed by atoms with van der Waals surface area (Å²) in [6.45, 7) is 1.19. The molecule has 0 aliphatic carbocycles. The highest BCUT2D eigenvalue weighted by atomic mass is 32.1. The molecule has 3 amide bonds. The Balaban J connectivity index is 5.02. The Morgan fingerprint density at radius 3 is 2.13 bits per heavy atom. The van der Waals surface area contributed by atoms with Gasteiger partial charge in [-0.1, -0.05) is 0 Å². The molecule has 0 rings (SSSR count). The van der Waals surface area contributed by atoms with E-state index < -0.39 is 47.9 Å². The first-order chi connectivity index (χ1) is 10.6. The Bertz CT molecular complexity index is 459. The fourth-order valence-corrected chi connectivity index (χ4v) is 1.73. The van der Waals surface area contributed by atoms with Crippen molar-refractivity contribution in [3.05, 3.63) is 0 Å². The minimum atomic E-state index is -1.56. The fourth-order valence-electron chi connectivity index (χ4n) is 1.56. The average Bonchev–Trinajstić information content (AvgIpc) is 2.46. The number of rotatable bonds is 10. The topological polar surface area (TPSA) is 185 Å². The highest BCUT2D eigenvalue weighted by Gasteiger charge is 2.30. The van der Waals surface area contributed by atoms with Gasteiger partial charge in [0.2, 0.25) is 17.7 Å². The number of nitrogens with two attached hydrogens (primary N) is 2. The van der Waals surface area contributed by atoms with Crippen molar-refractivity contribution in [1.29, 1.82) is 0 Å². The quantitative estimate of drug-likeness (QED) is 0.204.